The average Bonchev–Trinajstić information content (AvgIpc) is 2.80. The molecule has 0 radical (unpaired) electrons. The zero-order valence-electron chi connectivity index (χ0n) is 7.34. The molecule has 1 amide bonds. The smallest absolute Gasteiger partial charge is 0.224 e. The fraction of sp³-hybridized carbons (Fsp3) is 0.300. The van der Waals surface area contributed by atoms with Gasteiger partial charge < -0.3 is 5.73 Å². The highest BCUT2D eigenvalue weighted by atomic mass is 35.5. The topological polar surface area (TPSA) is 43.1 Å². The lowest BCUT2D eigenvalue weighted by Gasteiger charge is -2.06. The van der Waals surface area contributed by atoms with Gasteiger partial charge in [0.2, 0.25) is 5.91 Å². The van der Waals surface area contributed by atoms with Gasteiger partial charge in [0, 0.05) is 11.4 Å². The van der Waals surface area contributed by atoms with Crippen molar-refractivity contribution in [1.29, 1.82) is 0 Å². The van der Waals surface area contributed by atoms with Crippen LogP contribution in [0.15, 0.2) is 24.3 Å². The molecule has 2 unspecified atom stereocenters. The molecule has 1 aliphatic carbocycles. The van der Waals surface area contributed by atoms with Crippen LogP contribution in [0.25, 0.3) is 0 Å². The second-order valence-electron chi connectivity index (χ2n) is 3.53. The van der Waals surface area contributed by atoms with Crippen molar-refractivity contribution in [3.8, 4) is 0 Å². The van der Waals surface area contributed by atoms with Crippen molar-refractivity contribution in [2.45, 2.75) is 12.1 Å². The van der Waals surface area contributed by atoms with Crippen LogP contribution in [-0.2, 0) is 10.5 Å². The van der Waals surface area contributed by atoms with Crippen molar-refractivity contribution in [2.24, 2.45) is 11.7 Å². The summed E-state index contributed by atoms with van der Waals surface area (Å²) in [5.41, 5.74) is 3.89. The normalized spacial score (nSPS) is 30.0. The molecule has 1 saturated carbocycles. The summed E-state index contributed by atoms with van der Waals surface area (Å²) in [6.07, 6.45) is 0.169. The van der Waals surface area contributed by atoms with Gasteiger partial charge in [0.05, 0.1) is 5.92 Å². The minimum absolute atomic E-state index is 0.169. The van der Waals surface area contributed by atoms with Gasteiger partial charge in [-0.2, -0.15) is 0 Å². The van der Waals surface area contributed by atoms with Crippen molar-refractivity contribution in [3.63, 3.8) is 0 Å². The van der Waals surface area contributed by atoms with Crippen molar-refractivity contribution >= 4 is 17.5 Å². The van der Waals surface area contributed by atoms with Crippen molar-refractivity contribution in [3.05, 3.63) is 34.9 Å². The van der Waals surface area contributed by atoms with Crippen molar-refractivity contribution < 1.29 is 9.18 Å². The first kappa shape index (κ1) is 9.46. The van der Waals surface area contributed by atoms with Crippen LogP contribution in [-0.4, -0.2) is 5.91 Å². The molecule has 0 bridgehead atoms. The molecule has 14 heavy (non-hydrogen) atoms. The van der Waals surface area contributed by atoms with Crippen LogP contribution in [0.2, 0.25) is 5.02 Å². The van der Waals surface area contributed by atoms with Crippen LogP contribution in [0.3, 0.4) is 0 Å². The number of alkyl halides is 1. The highest BCUT2D eigenvalue weighted by Crippen LogP contribution is 2.55. The largest absolute Gasteiger partial charge is 0.369 e. The molecule has 1 aliphatic rings. The Morgan fingerprint density at radius 2 is 2.36 bits per heavy atom. The summed E-state index contributed by atoms with van der Waals surface area (Å²) in [4.78, 5) is 10.8. The van der Waals surface area contributed by atoms with Gasteiger partial charge >= 0.3 is 0 Å². The van der Waals surface area contributed by atoms with Crippen molar-refractivity contribution in [2.75, 3.05) is 0 Å². The molecule has 0 aromatic heterocycles. The third-order valence-corrected chi connectivity index (χ3v) is 2.78. The van der Waals surface area contributed by atoms with Gasteiger partial charge in [0.15, 0.2) is 0 Å². The number of rotatable bonds is 2. The minimum atomic E-state index is -1.59. The monoisotopic (exact) mass is 213 g/mol. The van der Waals surface area contributed by atoms with Gasteiger partial charge in [-0.25, -0.2) is 4.39 Å². The SMILES string of the molecule is NC(=O)C1CC1(F)c1cccc(Cl)c1. The van der Waals surface area contributed by atoms with Crippen LogP contribution in [0.4, 0.5) is 4.39 Å². The van der Waals surface area contributed by atoms with Crippen molar-refractivity contribution in [1.82, 2.24) is 0 Å². The summed E-state index contributed by atoms with van der Waals surface area (Å²) < 4.78 is 14.0. The number of hydrogen-bond acceptors (Lipinski definition) is 1. The molecule has 1 aromatic rings. The van der Waals surface area contributed by atoms with E-state index in [9.17, 15) is 9.18 Å². The molecule has 0 aliphatic heterocycles. The van der Waals surface area contributed by atoms with E-state index < -0.39 is 17.5 Å². The highest BCUT2D eigenvalue weighted by molar-refractivity contribution is 6.30. The first-order chi connectivity index (χ1) is 6.54. The quantitative estimate of drug-likeness (QED) is 0.803. The molecular formula is C10H9ClFNO. The Balaban J connectivity index is 2.30. The first-order valence-electron chi connectivity index (χ1n) is 4.28. The molecular weight excluding hydrogens is 205 g/mol. The molecule has 2 rings (SSSR count). The van der Waals surface area contributed by atoms with Crippen LogP contribution in [0.5, 0.6) is 0 Å². The predicted molar refractivity (Wildman–Crippen MR) is 51.5 cm³/mol. The number of primary amides is 1. The third-order valence-electron chi connectivity index (χ3n) is 2.54. The van der Waals surface area contributed by atoms with E-state index in [2.05, 4.69) is 0 Å². The molecule has 0 heterocycles. The number of carbonyl (C=O) groups is 1. The molecule has 1 aromatic carbocycles. The fourth-order valence-electron chi connectivity index (χ4n) is 1.63. The van der Waals surface area contributed by atoms with Gasteiger partial charge in [-0.1, -0.05) is 23.7 Å². The van der Waals surface area contributed by atoms with Gasteiger partial charge in [-0.15, -0.1) is 0 Å². The maximum atomic E-state index is 14.0. The number of amides is 1. The van der Waals surface area contributed by atoms with E-state index in [1.54, 1.807) is 18.2 Å². The maximum absolute atomic E-state index is 14.0. The van der Waals surface area contributed by atoms with E-state index >= 15 is 0 Å². The summed E-state index contributed by atoms with van der Waals surface area (Å²) in [7, 11) is 0. The number of carbonyl (C=O) groups excluding carboxylic acids is 1. The zero-order valence-corrected chi connectivity index (χ0v) is 8.09. The Morgan fingerprint density at radius 3 is 2.86 bits per heavy atom. The number of benzene rings is 1. The first-order valence-corrected chi connectivity index (χ1v) is 4.66. The molecule has 74 valence electrons. The Kier molecular flexibility index (Phi) is 2.00. The lowest BCUT2D eigenvalue weighted by Crippen LogP contribution is -2.18. The summed E-state index contributed by atoms with van der Waals surface area (Å²) in [6, 6.07) is 6.48. The van der Waals surface area contributed by atoms with Crippen LogP contribution >= 0.6 is 11.6 Å². The molecule has 2 N–H and O–H groups in total. The van der Waals surface area contributed by atoms with E-state index in [0.717, 1.165) is 0 Å². The molecule has 0 saturated heterocycles. The highest BCUT2D eigenvalue weighted by Gasteiger charge is 2.60. The fourth-order valence-corrected chi connectivity index (χ4v) is 1.82. The summed E-state index contributed by atoms with van der Waals surface area (Å²) in [5.74, 6) is -1.28. The molecule has 4 heteroatoms. The number of hydrogen-bond donors (Lipinski definition) is 1. The van der Waals surface area contributed by atoms with E-state index in [0.29, 0.717) is 10.6 Å². The number of halogens is 2. The van der Waals surface area contributed by atoms with Crippen LogP contribution in [0.1, 0.15) is 12.0 Å². The maximum Gasteiger partial charge on any atom is 0.224 e. The predicted octanol–water partition coefficient (Wildman–Crippen LogP) is 2.01. The second kappa shape index (κ2) is 2.95. The van der Waals surface area contributed by atoms with E-state index in [1.807, 2.05) is 0 Å². The Bertz CT molecular complexity index is 395. The van der Waals surface area contributed by atoms with Gasteiger partial charge in [-0.3, -0.25) is 4.79 Å². The average molecular weight is 214 g/mol. The molecule has 2 atom stereocenters. The minimum Gasteiger partial charge on any atom is -0.369 e. The van der Waals surface area contributed by atoms with E-state index in [1.165, 1.54) is 6.07 Å². The van der Waals surface area contributed by atoms with Gasteiger partial charge in [0.25, 0.3) is 0 Å². The molecule has 1 fully saturated rings. The Morgan fingerprint density at radius 1 is 1.64 bits per heavy atom. The molecule has 0 spiro atoms. The summed E-state index contributed by atoms with van der Waals surface area (Å²) >= 11 is 5.72. The third kappa shape index (κ3) is 1.38. The van der Waals surface area contributed by atoms with E-state index in [4.69, 9.17) is 17.3 Å². The zero-order chi connectivity index (χ0) is 10.3. The Labute approximate surface area is 85.9 Å². The number of nitrogens with two attached hydrogens (primary N) is 1. The van der Waals surface area contributed by atoms with Crippen LogP contribution in [0, 0.1) is 5.92 Å². The lowest BCUT2D eigenvalue weighted by molar-refractivity contribution is -0.120. The summed E-state index contributed by atoms with van der Waals surface area (Å²) in [6.45, 7) is 0. The standard InChI is InChI=1S/C10H9ClFNO/c11-7-3-1-2-6(4-7)10(12)5-8(10)9(13)14/h1-4,8H,5H2,(H2,13,14). The Hall–Kier alpha value is -1.09. The second-order valence-corrected chi connectivity index (χ2v) is 3.97. The molecule has 2 nitrogen and oxygen atoms in total. The van der Waals surface area contributed by atoms with Gasteiger partial charge in [0.1, 0.15) is 5.67 Å². The van der Waals surface area contributed by atoms with E-state index in [-0.39, 0.29) is 6.42 Å². The van der Waals surface area contributed by atoms with Gasteiger partial charge in [-0.05, 0) is 17.7 Å². The summed E-state index contributed by atoms with van der Waals surface area (Å²) in [5, 5.41) is 0.467. The van der Waals surface area contributed by atoms with Crippen LogP contribution < -0.4 is 5.73 Å². The lowest BCUT2D eigenvalue weighted by atomic mass is 10.1.